The molecule has 1 aliphatic heterocycles. The van der Waals surface area contributed by atoms with Crippen molar-refractivity contribution in [2.24, 2.45) is 0 Å². The van der Waals surface area contributed by atoms with Crippen LogP contribution in [0.4, 0.5) is 0 Å². The number of rotatable bonds is 2. The number of hydrogen-bond donors (Lipinski definition) is 1. The lowest BCUT2D eigenvalue weighted by Gasteiger charge is -2.35. The summed E-state index contributed by atoms with van der Waals surface area (Å²) in [4.78, 5) is 4.08. The molecule has 0 radical (unpaired) electrons. The first-order valence-corrected chi connectivity index (χ1v) is 6.16. The van der Waals surface area contributed by atoms with Gasteiger partial charge in [-0.1, -0.05) is 6.07 Å². The van der Waals surface area contributed by atoms with Crippen molar-refractivity contribution < 1.29 is 8.42 Å². The third kappa shape index (κ3) is 1.42. The highest BCUT2D eigenvalue weighted by atomic mass is 32.2. The summed E-state index contributed by atoms with van der Waals surface area (Å²) < 4.78 is 23.0. The van der Waals surface area contributed by atoms with Crippen LogP contribution in [0.25, 0.3) is 0 Å². The minimum absolute atomic E-state index is 0.00917. The van der Waals surface area contributed by atoms with Gasteiger partial charge in [0, 0.05) is 12.2 Å². The summed E-state index contributed by atoms with van der Waals surface area (Å²) in [6.45, 7) is 0. The lowest BCUT2D eigenvalue weighted by atomic mass is 10.1. The van der Waals surface area contributed by atoms with Gasteiger partial charge in [-0.2, -0.15) is 0 Å². The van der Waals surface area contributed by atoms with Crippen molar-refractivity contribution in [3.8, 4) is 0 Å². The molecule has 1 aromatic heterocycles. The van der Waals surface area contributed by atoms with Gasteiger partial charge in [-0.15, -0.1) is 0 Å². The molecule has 76 valence electrons. The highest BCUT2D eigenvalue weighted by Crippen LogP contribution is 2.35. The minimum Gasteiger partial charge on any atom is -0.314 e. The van der Waals surface area contributed by atoms with Crippen LogP contribution in [-0.2, 0) is 9.84 Å². The van der Waals surface area contributed by atoms with Crippen molar-refractivity contribution in [2.75, 3.05) is 12.8 Å². The first-order valence-electron chi connectivity index (χ1n) is 4.45. The van der Waals surface area contributed by atoms with Gasteiger partial charge in [0.15, 0.2) is 9.84 Å². The Bertz CT molecular complexity index is 416. The van der Waals surface area contributed by atoms with E-state index in [0.29, 0.717) is 5.69 Å². The molecule has 1 saturated heterocycles. The second kappa shape index (κ2) is 3.33. The molecule has 1 aromatic rings. The van der Waals surface area contributed by atoms with E-state index in [2.05, 4.69) is 10.3 Å². The zero-order chi connectivity index (χ0) is 10.2. The highest BCUT2D eigenvalue weighted by Gasteiger charge is 2.46. The van der Waals surface area contributed by atoms with E-state index in [1.807, 2.05) is 6.07 Å². The molecule has 0 aromatic carbocycles. The summed E-state index contributed by atoms with van der Waals surface area (Å²) in [7, 11) is -1.19. The molecule has 4 nitrogen and oxygen atoms in total. The molecule has 5 heteroatoms. The standard InChI is InChI=1S/C9H12N2O2S/c1-10-8-6-14(12,13)9(8)7-4-2-3-5-11-7/h2-5,8-10H,6H2,1H3. The van der Waals surface area contributed by atoms with E-state index in [1.165, 1.54) is 0 Å². The number of hydrogen-bond acceptors (Lipinski definition) is 4. The van der Waals surface area contributed by atoms with Gasteiger partial charge in [-0.25, -0.2) is 8.42 Å². The van der Waals surface area contributed by atoms with Crippen molar-refractivity contribution in [3.63, 3.8) is 0 Å². The second-order valence-corrected chi connectivity index (χ2v) is 5.57. The average Bonchev–Trinajstić information content (AvgIpc) is 2.16. The van der Waals surface area contributed by atoms with Crippen LogP contribution >= 0.6 is 0 Å². The van der Waals surface area contributed by atoms with Crippen molar-refractivity contribution in [1.82, 2.24) is 10.3 Å². The first-order chi connectivity index (χ1) is 6.65. The predicted molar refractivity (Wildman–Crippen MR) is 53.6 cm³/mol. The summed E-state index contributed by atoms with van der Waals surface area (Å²) in [6, 6.07) is 5.35. The fraction of sp³-hybridized carbons (Fsp3) is 0.444. The maximum Gasteiger partial charge on any atom is 0.162 e. The van der Waals surface area contributed by atoms with Gasteiger partial charge in [0.1, 0.15) is 5.25 Å². The molecule has 0 spiro atoms. The van der Waals surface area contributed by atoms with Crippen LogP contribution in [-0.4, -0.2) is 32.2 Å². The number of pyridine rings is 1. The highest BCUT2D eigenvalue weighted by molar-refractivity contribution is 7.93. The van der Waals surface area contributed by atoms with Crippen LogP contribution in [0.15, 0.2) is 24.4 Å². The van der Waals surface area contributed by atoms with Crippen LogP contribution in [0.1, 0.15) is 10.9 Å². The second-order valence-electron chi connectivity index (χ2n) is 3.40. The molecule has 0 bridgehead atoms. The Labute approximate surface area is 83.3 Å². The molecule has 2 atom stereocenters. The normalized spacial score (nSPS) is 29.5. The molecular formula is C9H12N2O2S. The van der Waals surface area contributed by atoms with Crippen LogP contribution in [0.3, 0.4) is 0 Å². The van der Waals surface area contributed by atoms with E-state index in [4.69, 9.17) is 0 Å². The van der Waals surface area contributed by atoms with E-state index < -0.39 is 15.1 Å². The summed E-state index contributed by atoms with van der Waals surface area (Å²) >= 11 is 0. The molecule has 0 saturated carbocycles. The molecule has 0 aliphatic carbocycles. The smallest absolute Gasteiger partial charge is 0.162 e. The van der Waals surface area contributed by atoms with Gasteiger partial charge in [-0.05, 0) is 19.2 Å². The van der Waals surface area contributed by atoms with Gasteiger partial charge in [0.05, 0.1) is 11.4 Å². The van der Waals surface area contributed by atoms with Crippen molar-refractivity contribution in [3.05, 3.63) is 30.1 Å². The van der Waals surface area contributed by atoms with Crippen LogP contribution in [0.2, 0.25) is 0 Å². The lowest BCUT2D eigenvalue weighted by Crippen LogP contribution is -2.52. The molecular weight excluding hydrogens is 200 g/mol. The van der Waals surface area contributed by atoms with Crippen molar-refractivity contribution in [2.45, 2.75) is 11.3 Å². The molecule has 1 aliphatic rings. The van der Waals surface area contributed by atoms with E-state index >= 15 is 0 Å². The third-order valence-electron chi connectivity index (χ3n) is 2.51. The SMILES string of the molecule is CNC1CS(=O)(=O)C1c1ccccn1. The molecule has 1 N–H and O–H groups in total. The summed E-state index contributed by atoms with van der Waals surface area (Å²) in [5.74, 6) is 0.213. The van der Waals surface area contributed by atoms with Crippen molar-refractivity contribution in [1.29, 1.82) is 0 Å². The fourth-order valence-corrected chi connectivity index (χ4v) is 3.69. The monoisotopic (exact) mass is 212 g/mol. The van der Waals surface area contributed by atoms with E-state index in [1.54, 1.807) is 25.4 Å². The minimum atomic E-state index is -2.96. The average molecular weight is 212 g/mol. The lowest BCUT2D eigenvalue weighted by molar-refractivity contribution is 0.478. The molecule has 0 amide bonds. The molecule has 2 heterocycles. The van der Waals surface area contributed by atoms with Crippen LogP contribution in [0, 0.1) is 0 Å². The Hall–Kier alpha value is -0.940. The van der Waals surface area contributed by atoms with Gasteiger partial charge in [-0.3, -0.25) is 4.98 Å². The van der Waals surface area contributed by atoms with E-state index in [9.17, 15) is 8.42 Å². The summed E-state index contributed by atoms with van der Waals surface area (Å²) in [5, 5.41) is 2.52. The summed E-state index contributed by atoms with van der Waals surface area (Å²) in [5.41, 5.74) is 0.637. The Morgan fingerprint density at radius 3 is 2.79 bits per heavy atom. The Balaban J connectivity index is 2.34. The van der Waals surface area contributed by atoms with Gasteiger partial charge >= 0.3 is 0 Å². The topological polar surface area (TPSA) is 59.1 Å². The molecule has 2 rings (SSSR count). The maximum absolute atomic E-state index is 11.5. The molecule has 14 heavy (non-hydrogen) atoms. The van der Waals surface area contributed by atoms with Gasteiger partial charge < -0.3 is 5.32 Å². The number of nitrogens with zero attached hydrogens (tertiary/aromatic N) is 1. The Kier molecular flexibility index (Phi) is 2.28. The quantitative estimate of drug-likeness (QED) is 0.757. The number of nitrogens with one attached hydrogen (secondary N) is 1. The maximum atomic E-state index is 11.5. The van der Waals surface area contributed by atoms with Crippen LogP contribution < -0.4 is 5.32 Å². The van der Waals surface area contributed by atoms with Gasteiger partial charge in [0.25, 0.3) is 0 Å². The molecule has 1 fully saturated rings. The van der Waals surface area contributed by atoms with E-state index in [-0.39, 0.29) is 11.8 Å². The molecule has 2 unspecified atom stereocenters. The fourth-order valence-electron chi connectivity index (χ4n) is 1.74. The third-order valence-corrected chi connectivity index (χ3v) is 4.68. The number of sulfone groups is 1. The zero-order valence-corrected chi connectivity index (χ0v) is 8.66. The predicted octanol–water partition coefficient (Wildman–Crippen LogP) is 0.139. The first kappa shape index (κ1) is 9.61. The Morgan fingerprint density at radius 2 is 2.29 bits per heavy atom. The van der Waals surface area contributed by atoms with Crippen molar-refractivity contribution >= 4 is 9.84 Å². The largest absolute Gasteiger partial charge is 0.314 e. The number of aromatic nitrogens is 1. The summed E-state index contributed by atoms with van der Waals surface area (Å²) in [6.07, 6.45) is 1.62. The van der Waals surface area contributed by atoms with E-state index in [0.717, 1.165) is 0 Å². The zero-order valence-electron chi connectivity index (χ0n) is 7.84. The number of likely N-dealkylation sites (N-methyl/N-ethyl adjacent to an activating group) is 1. The van der Waals surface area contributed by atoms with Gasteiger partial charge in [0.2, 0.25) is 0 Å². The Morgan fingerprint density at radius 1 is 1.50 bits per heavy atom. The van der Waals surface area contributed by atoms with Crippen LogP contribution in [0.5, 0.6) is 0 Å².